The second-order valence-electron chi connectivity index (χ2n) is 5.26. The Morgan fingerprint density at radius 3 is 2.68 bits per heavy atom. The molecule has 100 valence electrons. The summed E-state index contributed by atoms with van der Waals surface area (Å²) in [6.07, 6.45) is 4.56. The molecule has 1 heterocycles. The van der Waals surface area contributed by atoms with Crippen LogP contribution in [0.5, 0.6) is 0 Å². The minimum atomic E-state index is 0.648. The van der Waals surface area contributed by atoms with Crippen LogP contribution in [-0.4, -0.2) is 14.8 Å². The van der Waals surface area contributed by atoms with Crippen LogP contribution in [0.25, 0.3) is 0 Å². The molecule has 1 saturated carbocycles. The molecule has 0 N–H and O–H groups in total. The minimum absolute atomic E-state index is 0.648. The third-order valence-electron chi connectivity index (χ3n) is 3.59. The average molecular weight is 320 g/mol. The number of aromatic nitrogens is 3. The van der Waals surface area contributed by atoms with E-state index in [1.165, 1.54) is 24.0 Å². The topological polar surface area (TPSA) is 30.7 Å². The van der Waals surface area contributed by atoms with Crippen LogP contribution >= 0.6 is 15.9 Å². The number of aryl methyl sites for hydroxylation is 3. The zero-order valence-electron chi connectivity index (χ0n) is 11.1. The Balaban J connectivity index is 1.75. The molecule has 0 unspecified atom stereocenters. The van der Waals surface area contributed by atoms with E-state index in [0.29, 0.717) is 6.04 Å². The van der Waals surface area contributed by atoms with Gasteiger partial charge in [0.2, 0.25) is 0 Å². The lowest BCUT2D eigenvalue weighted by Crippen LogP contribution is -2.06. The van der Waals surface area contributed by atoms with Crippen molar-refractivity contribution in [2.45, 2.75) is 44.0 Å². The SMILES string of the molecule is Cc1cccc(CCc2nnc(CBr)n2C2CC2)c1. The third-order valence-corrected chi connectivity index (χ3v) is 4.09. The van der Waals surface area contributed by atoms with Crippen molar-refractivity contribution in [3.05, 3.63) is 47.0 Å². The molecule has 0 amide bonds. The summed E-state index contributed by atoms with van der Waals surface area (Å²) in [4.78, 5) is 0. The van der Waals surface area contributed by atoms with Gasteiger partial charge in [-0.05, 0) is 31.7 Å². The molecule has 1 aliphatic carbocycles. The standard InChI is InChI=1S/C15H18BrN3/c1-11-3-2-4-12(9-11)5-8-14-17-18-15(10-16)19(14)13-6-7-13/h2-4,9,13H,5-8,10H2,1H3. The fourth-order valence-corrected chi connectivity index (χ4v) is 2.88. The molecule has 0 radical (unpaired) electrons. The van der Waals surface area contributed by atoms with Gasteiger partial charge in [-0.2, -0.15) is 0 Å². The van der Waals surface area contributed by atoms with Gasteiger partial charge < -0.3 is 4.57 Å². The Kier molecular flexibility index (Phi) is 3.69. The molecule has 1 aromatic heterocycles. The van der Waals surface area contributed by atoms with E-state index in [1.807, 2.05) is 0 Å². The first-order valence-corrected chi connectivity index (χ1v) is 7.94. The molecule has 3 nitrogen and oxygen atoms in total. The fourth-order valence-electron chi connectivity index (χ4n) is 2.50. The van der Waals surface area contributed by atoms with Crippen LogP contribution in [0.4, 0.5) is 0 Å². The van der Waals surface area contributed by atoms with E-state index in [-0.39, 0.29) is 0 Å². The van der Waals surface area contributed by atoms with Crippen molar-refractivity contribution in [2.75, 3.05) is 0 Å². The van der Waals surface area contributed by atoms with Gasteiger partial charge >= 0.3 is 0 Å². The number of hydrogen-bond donors (Lipinski definition) is 0. The van der Waals surface area contributed by atoms with Gasteiger partial charge in [-0.15, -0.1) is 10.2 Å². The Bertz CT molecular complexity index is 573. The number of nitrogens with zero attached hydrogens (tertiary/aromatic N) is 3. The smallest absolute Gasteiger partial charge is 0.143 e. The van der Waals surface area contributed by atoms with E-state index in [1.54, 1.807) is 0 Å². The van der Waals surface area contributed by atoms with Crippen molar-refractivity contribution in [1.29, 1.82) is 0 Å². The summed E-state index contributed by atoms with van der Waals surface area (Å²) in [5.41, 5.74) is 2.70. The van der Waals surface area contributed by atoms with Gasteiger partial charge in [-0.1, -0.05) is 45.8 Å². The molecule has 4 heteroatoms. The van der Waals surface area contributed by atoms with Gasteiger partial charge in [0.15, 0.2) is 0 Å². The summed E-state index contributed by atoms with van der Waals surface area (Å²) in [5.74, 6) is 2.21. The number of rotatable bonds is 5. The van der Waals surface area contributed by atoms with Crippen LogP contribution in [0.2, 0.25) is 0 Å². The second kappa shape index (κ2) is 5.45. The maximum Gasteiger partial charge on any atom is 0.143 e. The molecule has 0 aliphatic heterocycles. The van der Waals surface area contributed by atoms with E-state index in [0.717, 1.165) is 29.8 Å². The molecule has 19 heavy (non-hydrogen) atoms. The van der Waals surface area contributed by atoms with E-state index in [2.05, 4.69) is 61.9 Å². The number of alkyl halides is 1. The largest absolute Gasteiger partial charge is 0.311 e. The quantitative estimate of drug-likeness (QED) is 0.788. The van der Waals surface area contributed by atoms with E-state index < -0.39 is 0 Å². The monoisotopic (exact) mass is 319 g/mol. The molecule has 1 fully saturated rings. The van der Waals surface area contributed by atoms with Crippen LogP contribution < -0.4 is 0 Å². The Hall–Kier alpha value is -1.16. The minimum Gasteiger partial charge on any atom is -0.311 e. The Morgan fingerprint density at radius 1 is 1.21 bits per heavy atom. The van der Waals surface area contributed by atoms with Crippen molar-refractivity contribution >= 4 is 15.9 Å². The number of halogens is 1. The van der Waals surface area contributed by atoms with Crippen LogP contribution in [0.3, 0.4) is 0 Å². The van der Waals surface area contributed by atoms with Gasteiger partial charge in [0.05, 0.1) is 5.33 Å². The van der Waals surface area contributed by atoms with Crippen LogP contribution in [0.15, 0.2) is 24.3 Å². The van der Waals surface area contributed by atoms with E-state index in [4.69, 9.17) is 0 Å². The van der Waals surface area contributed by atoms with Gasteiger partial charge in [-0.25, -0.2) is 0 Å². The molecule has 1 aliphatic rings. The first-order chi connectivity index (χ1) is 9.28. The number of hydrogen-bond acceptors (Lipinski definition) is 2. The van der Waals surface area contributed by atoms with Crippen LogP contribution in [-0.2, 0) is 18.2 Å². The number of benzene rings is 1. The molecule has 2 aromatic rings. The highest BCUT2D eigenvalue weighted by Crippen LogP contribution is 2.37. The molecular weight excluding hydrogens is 302 g/mol. The normalized spacial score (nSPS) is 14.8. The first kappa shape index (κ1) is 12.9. The lowest BCUT2D eigenvalue weighted by Gasteiger charge is -2.08. The fraction of sp³-hybridized carbons (Fsp3) is 0.467. The lowest BCUT2D eigenvalue weighted by molar-refractivity contribution is 0.654. The average Bonchev–Trinajstić information content (AvgIpc) is 3.17. The highest BCUT2D eigenvalue weighted by molar-refractivity contribution is 9.08. The van der Waals surface area contributed by atoms with Crippen molar-refractivity contribution in [3.8, 4) is 0 Å². The van der Waals surface area contributed by atoms with Crippen molar-refractivity contribution in [3.63, 3.8) is 0 Å². The Morgan fingerprint density at radius 2 is 2.00 bits per heavy atom. The Labute approximate surface area is 122 Å². The molecular formula is C15H18BrN3. The lowest BCUT2D eigenvalue weighted by atomic mass is 10.1. The molecule has 3 rings (SSSR count). The van der Waals surface area contributed by atoms with Crippen molar-refractivity contribution in [1.82, 2.24) is 14.8 Å². The van der Waals surface area contributed by atoms with Gasteiger partial charge in [0.1, 0.15) is 11.6 Å². The molecule has 0 atom stereocenters. The second-order valence-corrected chi connectivity index (χ2v) is 5.82. The summed E-state index contributed by atoms with van der Waals surface area (Å²) in [6, 6.07) is 9.36. The molecule has 0 spiro atoms. The van der Waals surface area contributed by atoms with Crippen LogP contribution in [0, 0.1) is 6.92 Å². The summed E-state index contributed by atoms with van der Waals surface area (Å²) in [6.45, 7) is 2.14. The van der Waals surface area contributed by atoms with Gasteiger partial charge in [0, 0.05) is 12.5 Å². The van der Waals surface area contributed by atoms with Gasteiger partial charge in [0.25, 0.3) is 0 Å². The summed E-state index contributed by atoms with van der Waals surface area (Å²) in [5, 5.41) is 9.45. The third kappa shape index (κ3) is 2.89. The first-order valence-electron chi connectivity index (χ1n) is 6.82. The summed E-state index contributed by atoms with van der Waals surface area (Å²) in [7, 11) is 0. The molecule has 1 aromatic carbocycles. The van der Waals surface area contributed by atoms with Gasteiger partial charge in [-0.3, -0.25) is 0 Å². The molecule has 0 bridgehead atoms. The predicted octanol–water partition coefficient (Wildman–Crippen LogP) is 3.60. The predicted molar refractivity (Wildman–Crippen MR) is 79.5 cm³/mol. The van der Waals surface area contributed by atoms with E-state index >= 15 is 0 Å². The summed E-state index contributed by atoms with van der Waals surface area (Å²) < 4.78 is 2.34. The summed E-state index contributed by atoms with van der Waals surface area (Å²) >= 11 is 3.50. The van der Waals surface area contributed by atoms with Crippen molar-refractivity contribution < 1.29 is 0 Å². The zero-order chi connectivity index (χ0) is 13.2. The highest BCUT2D eigenvalue weighted by atomic mass is 79.9. The van der Waals surface area contributed by atoms with E-state index in [9.17, 15) is 0 Å². The van der Waals surface area contributed by atoms with Crippen molar-refractivity contribution in [2.24, 2.45) is 0 Å². The van der Waals surface area contributed by atoms with Crippen LogP contribution in [0.1, 0.15) is 41.7 Å². The maximum atomic E-state index is 4.37. The molecule has 0 saturated heterocycles. The zero-order valence-corrected chi connectivity index (χ0v) is 12.7. The highest BCUT2D eigenvalue weighted by Gasteiger charge is 2.28. The maximum absolute atomic E-state index is 4.37.